The highest BCUT2D eigenvalue weighted by Gasteiger charge is 2.37. The van der Waals surface area contributed by atoms with Crippen LogP contribution in [0.2, 0.25) is 0 Å². The fourth-order valence-electron chi connectivity index (χ4n) is 3.69. The first-order valence-corrected chi connectivity index (χ1v) is 9.78. The van der Waals surface area contributed by atoms with Crippen LogP contribution < -0.4 is 9.47 Å². The van der Waals surface area contributed by atoms with Crippen LogP contribution >= 0.6 is 0 Å². The summed E-state index contributed by atoms with van der Waals surface area (Å²) in [5.74, 6) is 0.994. The summed E-state index contributed by atoms with van der Waals surface area (Å²) in [5, 5.41) is 3.99. The summed E-state index contributed by atoms with van der Waals surface area (Å²) in [6.07, 6.45) is -4.40. The molecule has 2 heterocycles. The van der Waals surface area contributed by atoms with Crippen molar-refractivity contribution in [3.63, 3.8) is 0 Å². The third-order valence-electron chi connectivity index (χ3n) is 5.30. The van der Waals surface area contributed by atoms with Crippen LogP contribution in [0.1, 0.15) is 29.3 Å². The van der Waals surface area contributed by atoms with E-state index in [1.54, 1.807) is 18.2 Å². The molecule has 0 radical (unpaired) electrons. The number of amides is 1. The van der Waals surface area contributed by atoms with E-state index in [-0.39, 0.29) is 42.8 Å². The Morgan fingerprint density at radius 1 is 1.12 bits per heavy atom. The van der Waals surface area contributed by atoms with Crippen molar-refractivity contribution < 1.29 is 32.0 Å². The average Bonchev–Trinajstić information content (AvgIpc) is 3.40. The van der Waals surface area contributed by atoms with Gasteiger partial charge in [-0.2, -0.15) is 18.2 Å². The lowest BCUT2D eigenvalue weighted by Crippen LogP contribution is -2.26. The average molecular weight is 447 g/mol. The fourth-order valence-corrected chi connectivity index (χ4v) is 3.69. The number of carbonyl (C=O) groups is 1. The molecule has 4 rings (SSSR count). The van der Waals surface area contributed by atoms with Gasteiger partial charge in [0.1, 0.15) is 11.5 Å². The van der Waals surface area contributed by atoms with Gasteiger partial charge in [-0.05, 0) is 23.8 Å². The van der Waals surface area contributed by atoms with Crippen LogP contribution in [0.15, 0.2) is 47.0 Å². The van der Waals surface area contributed by atoms with Gasteiger partial charge in [0, 0.05) is 37.1 Å². The minimum absolute atomic E-state index is 0.0475. The lowest BCUT2D eigenvalue weighted by atomic mass is 10.1. The molecular weight excluding hydrogens is 427 g/mol. The number of halogens is 3. The second kappa shape index (κ2) is 8.52. The molecule has 10 heteroatoms. The quantitative estimate of drug-likeness (QED) is 0.561. The van der Waals surface area contributed by atoms with Crippen molar-refractivity contribution in [2.45, 2.75) is 25.1 Å². The second-order valence-electron chi connectivity index (χ2n) is 7.39. The monoisotopic (exact) mass is 447 g/mol. The van der Waals surface area contributed by atoms with E-state index in [4.69, 9.17) is 14.0 Å². The Kier molecular flexibility index (Phi) is 5.77. The van der Waals surface area contributed by atoms with E-state index in [1.165, 1.54) is 37.3 Å². The Labute approximate surface area is 181 Å². The van der Waals surface area contributed by atoms with Crippen molar-refractivity contribution in [3.8, 4) is 23.0 Å². The molecule has 0 bridgehead atoms. The molecule has 1 aliphatic heterocycles. The highest BCUT2D eigenvalue weighted by molar-refractivity contribution is 5.79. The van der Waals surface area contributed by atoms with Gasteiger partial charge in [0.05, 0.1) is 19.8 Å². The predicted octanol–water partition coefficient (Wildman–Crippen LogP) is 4.29. The van der Waals surface area contributed by atoms with E-state index >= 15 is 0 Å². The number of hydrogen-bond acceptors (Lipinski definition) is 6. The highest BCUT2D eigenvalue weighted by Crippen LogP contribution is 2.35. The van der Waals surface area contributed by atoms with E-state index in [9.17, 15) is 18.0 Å². The number of hydrogen-bond donors (Lipinski definition) is 0. The zero-order chi connectivity index (χ0) is 22.9. The number of benzene rings is 2. The standard InChI is InChI=1S/C22H20F3N3O4/c1-30-16-7-14(8-17(10-16)31-2)21-26-20(27-32-21)15-9-19(29)28(12-15)11-13-5-3-4-6-18(13)22(23,24)25/h3-8,10,15H,9,11-12H2,1-2H3. The SMILES string of the molecule is COc1cc(OC)cc(-c2nc(C3CC(=O)N(Cc4ccccc4C(F)(F)F)C3)no2)c1. The molecule has 7 nitrogen and oxygen atoms in total. The molecule has 0 saturated carbocycles. The lowest BCUT2D eigenvalue weighted by molar-refractivity contribution is -0.139. The number of rotatable bonds is 6. The third kappa shape index (κ3) is 4.39. The molecule has 1 aliphatic rings. The summed E-state index contributed by atoms with van der Waals surface area (Å²) in [6, 6.07) is 10.4. The Balaban J connectivity index is 1.52. The van der Waals surface area contributed by atoms with Gasteiger partial charge in [0.2, 0.25) is 5.91 Å². The Morgan fingerprint density at radius 2 is 1.81 bits per heavy atom. The minimum Gasteiger partial charge on any atom is -0.497 e. The largest absolute Gasteiger partial charge is 0.497 e. The van der Waals surface area contributed by atoms with E-state index in [2.05, 4.69) is 10.1 Å². The van der Waals surface area contributed by atoms with Gasteiger partial charge >= 0.3 is 6.18 Å². The summed E-state index contributed by atoms with van der Waals surface area (Å²) < 4.78 is 55.7. The number of likely N-dealkylation sites (tertiary alicyclic amines) is 1. The van der Waals surface area contributed by atoms with Gasteiger partial charge < -0.3 is 18.9 Å². The summed E-state index contributed by atoms with van der Waals surface area (Å²) in [7, 11) is 3.04. The van der Waals surface area contributed by atoms with E-state index in [1.807, 2.05) is 0 Å². The van der Waals surface area contributed by atoms with Crippen molar-refractivity contribution in [1.82, 2.24) is 15.0 Å². The zero-order valence-corrected chi connectivity index (χ0v) is 17.3. The summed E-state index contributed by atoms with van der Waals surface area (Å²) >= 11 is 0. The van der Waals surface area contributed by atoms with E-state index in [0.29, 0.717) is 22.9 Å². The van der Waals surface area contributed by atoms with Crippen molar-refractivity contribution in [1.29, 1.82) is 0 Å². The summed E-state index contributed by atoms with van der Waals surface area (Å²) in [6.45, 7) is 0.0637. The third-order valence-corrected chi connectivity index (χ3v) is 5.30. The number of carbonyl (C=O) groups excluding carboxylic acids is 1. The van der Waals surface area contributed by atoms with Gasteiger partial charge in [-0.3, -0.25) is 4.79 Å². The topological polar surface area (TPSA) is 77.7 Å². The second-order valence-corrected chi connectivity index (χ2v) is 7.39. The number of aromatic nitrogens is 2. The number of ether oxygens (including phenoxy) is 2. The molecule has 0 spiro atoms. The van der Waals surface area contributed by atoms with Crippen LogP contribution in [-0.4, -0.2) is 41.7 Å². The maximum absolute atomic E-state index is 13.3. The molecule has 32 heavy (non-hydrogen) atoms. The number of alkyl halides is 3. The number of nitrogens with zero attached hydrogens (tertiary/aromatic N) is 3. The molecule has 1 unspecified atom stereocenters. The number of methoxy groups -OCH3 is 2. The van der Waals surface area contributed by atoms with Gasteiger partial charge in [-0.1, -0.05) is 23.4 Å². The molecule has 1 amide bonds. The summed E-state index contributed by atoms with van der Waals surface area (Å²) in [4.78, 5) is 18.3. The van der Waals surface area contributed by atoms with E-state index in [0.717, 1.165) is 6.07 Å². The van der Waals surface area contributed by atoms with Crippen LogP contribution in [0.25, 0.3) is 11.5 Å². The first-order chi connectivity index (χ1) is 15.3. The van der Waals surface area contributed by atoms with Gasteiger partial charge in [-0.25, -0.2) is 0 Å². The first-order valence-electron chi connectivity index (χ1n) is 9.78. The van der Waals surface area contributed by atoms with Crippen molar-refractivity contribution in [2.75, 3.05) is 20.8 Å². The minimum atomic E-state index is -4.49. The van der Waals surface area contributed by atoms with Crippen LogP contribution in [-0.2, 0) is 17.5 Å². The molecule has 2 aromatic carbocycles. The van der Waals surface area contributed by atoms with Gasteiger partial charge in [0.25, 0.3) is 5.89 Å². The first kappa shape index (κ1) is 21.7. The Bertz CT molecular complexity index is 1110. The maximum atomic E-state index is 13.3. The molecule has 3 aromatic rings. The van der Waals surface area contributed by atoms with Gasteiger partial charge in [-0.15, -0.1) is 0 Å². The molecule has 1 saturated heterocycles. The molecule has 0 aliphatic carbocycles. The molecule has 1 fully saturated rings. The zero-order valence-electron chi connectivity index (χ0n) is 17.3. The fraction of sp³-hybridized carbons (Fsp3) is 0.318. The molecular formula is C22H20F3N3O4. The van der Waals surface area contributed by atoms with Crippen LogP contribution in [0.3, 0.4) is 0 Å². The van der Waals surface area contributed by atoms with Crippen molar-refractivity contribution >= 4 is 5.91 Å². The van der Waals surface area contributed by atoms with Crippen molar-refractivity contribution in [3.05, 3.63) is 59.4 Å². The predicted molar refractivity (Wildman–Crippen MR) is 107 cm³/mol. The van der Waals surface area contributed by atoms with Crippen LogP contribution in [0.5, 0.6) is 11.5 Å². The van der Waals surface area contributed by atoms with Crippen LogP contribution in [0, 0.1) is 0 Å². The lowest BCUT2D eigenvalue weighted by Gasteiger charge is -2.19. The van der Waals surface area contributed by atoms with Gasteiger partial charge in [0.15, 0.2) is 5.82 Å². The van der Waals surface area contributed by atoms with Crippen molar-refractivity contribution in [2.24, 2.45) is 0 Å². The highest BCUT2D eigenvalue weighted by atomic mass is 19.4. The molecule has 0 N–H and O–H groups in total. The summed E-state index contributed by atoms with van der Waals surface area (Å²) in [5.41, 5.74) is -0.114. The van der Waals surface area contributed by atoms with Crippen LogP contribution in [0.4, 0.5) is 13.2 Å². The Hall–Kier alpha value is -3.56. The molecule has 1 atom stereocenters. The maximum Gasteiger partial charge on any atom is 0.416 e. The molecule has 168 valence electrons. The normalized spacial score (nSPS) is 16.5. The smallest absolute Gasteiger partial charge is 0.416 e. The Morgan fingerprint density at radius 3 is 2.47 bits per heavy atom. The van der Waals surface area contributed by atoms with E-state index < -0.39 is 11.7 Å². The molecule has 1 aromatic heterocycles.